The first kappa shape index (κ1) is 15.2. The zero-order valence-corrected chi connectivity index (χ0v) is 14.7. The van der Waals surface area contributed by atoms with E-state index in [4.69, 9.17) is 0 Å². The average molecular weight is 384 g/mol. The molecule has 5 heteroatoms. The molecule has 1 N–H and O–H groups in total. The van der Waals surface area contributed by atoms with Crippen LogP contribution in [0.5, 0.6) is 0 Å². The van der Waals surface area contributed by atoms with E-state index in [9.17, 15) is 4.39 Å². The first-order chi connectivity index (χ1) is 10.2. The van der Waals surface area contributed by atoms with Gasteiger partial charge in [0.2, 0.25) is 0 Å². The second kappa shape index (κ2) is 6.57. The summed E-state index contributed by atoms with van der Waals surface area (Å²) in [5.41, 5.74) is 0. The van der Waals surface area contributed by atoms with Gasteiger partial charge in [0, 0.05) is 31.4 Å². The van der Waals surface area contributed by atoms with Gasteiger partial charge in [0.05, 0.1) is 0 Å². The molecule has 1 atom stereocenters. The molecular formula is C16H15BrFNS2. The predicted octanol–water partition coefficient (Wildman–Crippen LogP) is 5.76. The normalized spacial score (nSPS) is 12.9. The third-order valence-electron chi connectivity index (χ3n) is 3.37. The fraction of sp³-hybridized carbons (Fsp3) is 0.250. The molecule has 1 unspecified atom stereocenters. The van der Waals surface area contributed by atoms with Crippen LogP contribution in [0.2, 0.25) is 0 Å². The standard InChI is InChI=1S/C16H15BrFNS2/c1-2-19-13(9-15-12(17)5-6-20-15)16-8-10-7-11(18)3-4-14(10)21-16/h3-8,13,19H,2,9H2,1H3. The van der Waals surface area contributed by atoms with Crippen LogP contribution in [0.1, 0.15) is 22.7 Å². The summed E-state index contributed by atoms with van der Waals surface area (Å²) in [5.74, 6) is -0.173. The van der Waals surface area contributed by atoms with E-state index < -0.39 is 0 Å². The molecule has 3 aromatic rings. The molecule has 0 amide bonds. The fourth-order valence-electron chi connectivity index (χ4n) is 2.38. The van der Waals surface area contributed by atoms with Crippen LogP contribution < -0.4 is 5.32 Å². The zero-order valence-electron chi connectivity index (χ0n) is 11.5. The predicted molar refractivity (Wildman–Crippen MR) is 93.9 cm³/mol. The van der Waals surface area contributed by atoms with Crippen molar-refractivity contribution >= 4 is 48.7 Å². The molecule has 0 saturated heterocycles. The van der Waals surface area contributed by atoms with Crippen molar-refractivity contribution in [2.75, 3.05) is 6.54 Å². The number of benzene rings is 1. The molecule has 1 nitrogen and oxygen atoms in total. The van der Waals surface area contributed by atoms with Crippen LogP contribution in [0, 0.1) is 5.82 Å². The summed E-state index contributed by atoms with van der Waals surface area (Å²) in [6, 6.07) is 9.47. The second-order valence-electron chi connectivity index (χ2n) is 4.84. The van der Waals surface area contributed by atoms with Crippen LogP contribution in [0.15, 0.2) is 40.2 Å². The Bertz CT molecular complexity index is 750. The number of nitrogens with one attached hydrogen (secondary N) is 1. The Kier molecular flexibility index (Phi) is 4.74. The van der Waals surface area contributed by atoms with Crippen molar-refractivity contribution in [1.29, 1.82) is 0 Å². The van der Waals surface area contributed by atoms with Gasteiger partial charge in [0.25, 0.3) is 0 Å². The highest BCUT2D eigenvalue weighted by molar-refractivity contribution is 9.10. The maximum Gasteiger partial charge on any atom is 0.123 e. The number of fused-ring (bicyclic) bond motifs is 1. The van der Waals surface area contributed by atoms with Gasteiger partial charge in [0.15, 0.2) is 0 Å². The summed E-state index contributed by atoms with van der Waals surface area (Å²) < 4.78 is 15.6. The van der Waals surface area contributed by atoms with Gasteiger partial charge >= 0.3 is 0 Å². The number of halogens is 2. The van der Waals surface area contributed by atoms with E-state index in [-0.39, 0.29) is 11.9 Å². The van der Waals surface area contributed by atoms with E-state index in [2.05, 4.69) is 45.7 Å². The molecular weight excluding hydrogens is 369 g/mol. The Morgan fingerprint density at radius 3 is 2.86 bits per heavy atom. The summed E-state index contributed by atoms with van der Waals surface area (Å²) in [5, 5.41) is 6.63. The number of thiophene rings is 2. The minimum Gasteiger partial charge on any atom is -0.309 e. The monoisotopic (exact) mass is 383 g/mol. The first-order valence-corrected chi connectivity index (χ1v) is 9.30. The number of hydrogen-bond donors (Lipinski definition) is 1. The molecule has 2 aromatic heterocycles. The quantitative estimate of drug-likeness (QED) is 0.590. The summed E-state index contributed by atoms with van der Waals surface area (Å²) in [7, 11) is 0. The van der Waals surface area contributed by atoms with E-state index >= 15 is 0 Å². The Morgan fingerprint density at radius 1 is 1.29 bits per heavy atom. The third-order valence-corrected chi connectivity index (χ3v) is 6.55. The zero-order chi connectivity index (χ0) is 14.8. The van der Waals surface area contributed by atoms with Gasteiger partial charge in [-0.25, -0.2) is 4.39 Å². The summed E-state index contributed by atoms with van der Waals surface area (Å²) in [4.78, 5) is 2.60. The van der Waals surface area contributed by atoms with Gasteiger partial charge in [-0.05, 0) is 63.6 Å². The van der Waals surface area contributed by atoms with E-state index in [1.165, 1.54) is 20.3 Å². The van der Waals surface area contributed by atoms with Crippen molar-refractivity contribution in [3.8, 4) is 0 Å². The van der Waals surface area contributed by atoms with Gasteiger partial charge in [0.1, 0.15) is 5.82 Å². The molecule has 0 aliphatic heterocycles. The lowest BCUT2D eigenvalue weighted by Gasteiger charge is -2.15. The van der Waals surface area contributed by atoms with Gasteiger partial charge in [-0.3, -0.25) is 0 Å². The van der Waals surface area contributed by atoms with Crippen molar-refractivity contribution in [2.24, 2.45) is 0 Å². The van der Waals surface area contributed by atoms with E-state index in [0.29, 0.717) is 0 Å². The van der Waals surface area contributed by atoms with Gasteiger partial charge in [-0.15, -0.1) is 22.7 Å². The van der Waals surface area contributed by atoms with Crippen LogP contribution in [-0.2, 0) is 6.42 Å². The first-order valence-electron chi connectivity index (χ1n) is 6.81. The van der Waals surface area contributed by atoms with Crippen molar-refractivity contribution in [2.45, 2.75) is 19.4 Å². The SMILES string of the molecule is CCNC(Cc1sccc1Br)c1cc2cc(F)ccc2s1. The highest BCUT2D eigenvalue weighted by Crippen LogP contribution is 2.34. The molecule has 0 aliphatic carbocycles. The largest absolute Gasteiger partial charge is 0.309 e. The van der Waals surface area contributed by atoms with E-state index in [1.54, 1.807) is 28.7 Å². The van der Waals surface area contributed by atoms with Gasteiger partial charge in [-0.2, -0.15) is 0 Å². The van der Waals surface area contributed by atoms with Gasteiger partial charge < -0.3 is 5.32 Å². The fourth-order valence-corrected chi connectivity index (χ4v) is 5.06. The molecule has 0 radical (unpaired) electrons. The number of hydrogen-bond acceptors (Lipinski definition) is 3. The van der Waals surface area contributed by atoms with Crippen LogP contribution >= 0.6 is 38.6 Å². The summed E-state index contributed by atoms with van der Waals surface area (Å²) in [6.07, 6.45) is 0.946. The molecule has 110 valence electrons. The lowest BCUT2D eigenvalue weighted by Crippen LogP contribution is -2.21. The minimum atomic E-state index is -0.173. The average Bonchev–Trinajstić information content (AvgIpc) is 3.04. The van der Waals surface area contributed by atoms with Gasteiger partial charge in [-0.1, -0.05) is 6.92 Å². The maximum atomic E-state index is 13.3. The summed E-state index contributed by atoms with van der Waals surface area (Å²) in [6.45, 7) is 3.03. The second-order valence-corrected chi connectivity index (χ2v) is 7.81. The van der Waals surface area contributed by atoms with Crippen LogP contribution in [0.3, 0.4) is 0 Å². The minimum absolute atomic E-state index is 0.173. The Morgan fingerprint density at radius 2 is 2.14 bits per heavy atom. The topological polar surface area (TPSA) is 12.0 Å². The maximum absolute atomic E-state index is 13.3. The lowest BCUT2D eigenvalue weighted by atomic mass is 10.1. The molecule has 3 rings (SSSR count). The van der Waals surface area contributed by atoms with Crippen molar-refractivity contribution in [3.63, 3.8) is 0 Å². The van der Waals surface area contributed by atoms with Crippen molar-refractivity contribution < 1.29 is 4.39 Å². The number of likely N-dealkylation sites (N-methyl/N-ethyl adjacent to an activating group) is 1. The molecule has 0 saturated carbocycles. The van der Waals surface area contributed by atoms with E-state index in [1.807, 2.05) is 6.07 Å². The molecule has 2 heterocycles. The van der Waals surface area contributed by atoms with Crippen molar-refractivity contribution in [3.05, 3.63) is 55.8 Å². The Labute approximate surface area is 139 Å². The van der Waals surface area contributed by atoms with Crippen molar-refractivity contribution in [1.82, 2.24) is 5.32 Å². The van der Waals surface area contributed by atoms with E-state index in [0.717, 1.165) is 23.1 Å². The molecule has 0 aliphatic rings. The highest BCUT2D eigenvalue weighted by Gasteiger charge is 2.16. The third kappa shape index (κ3) is 3.37. The molecule has 0 bridgehead atoms. The molecule has 0 fully saturated rings. The Hall–Kier alpha value is -0.750. The Balaban J connectivity index is 1.93. The molecule has 0 spiro atoms. The van der Waals surface area contributed by atoms with Crippen LogP contribution in [0.4, 0.5) is 4.39 Å². The number of rotatable bonds is 5. The molecule has 21 heavy (non-hydrogen) atoms. The highest BCUT2D eigenvalue weighted by atomic mass is 79.9. The summed E-state index contributed by atoms with van der Waals surface area (Å²) >= 11 is 7.11. The lowest BCUT2D eigenvalue weighted by molar-refractivity contribution is 0.561. The van der Waals surface area contributed by atoms with Crippen LogP contribution in [0.25, 0.3) is 10.1 Å². The van der Waals surface area contributed by atoms with Crippen LogP contribution in [-0.4, -0.2) is 6.54 Å². The smallest absolute Gasteiger partial charge is 0.123 e. The molecule has 1 aromatic carbocycles.